The lowest BCUT2D eigenvalue weighted by atomic mass is 9.88. The Morgan fingerprint density at radius 3 is 2.84 bits per heavy atom. The quantitative estimate of drug-likeness (QED) is 0.839. The molecule has 0 aliphatic heterocycles. The molecule has 3 nitrogen and oxygen atoms in total. The summed E-state index contributed by atoms with van der Waals surface area (Å²) >= 11 is 12.1. The molecular formula is C14H17Cl2NO2. The maximum absolute atomic E-state index is 12.0. The van der Waals surface area contributed by atoms with E-state index in [4.69, 9.17) is 23.2 Å². The van der Waals surface area contributed by atoms with E-state index >= 15 is 0 Å². The number of aromatic hydroxyl groups is 1. The van der Waals surface area contributed by atoms with Crippen LogP contribution >= 0.6 is 23.2 Å². The first-order chi connectivity index (χ1) is 9.08. The molecule has 0 radical (unpaired) electrons. The second-order valence-electron chi connectivity index (χ2n) is 4.93. The van der Waals surface area contributed by atoms with Gasteiger partial charge in [0.2, 0.25) is 0 Å². The van der Waals surface area contributed by atoms with Gasteiger partial charge in [-0.05, 0) is 37.0 Å². The summed E-state index contributed by atoms with van der Waals surface area (Å²) in [4.78, 5) is 12.0. The van der Waals surface area contributed by atoms with E-state index < -0.39 is 0 Å². The van der Waals surface area contributed by atoms with Crippen molar-refractivity contribution in [2.24, 2.45) is 5.92 Å². The molecule has 0 saturated heterocycles. The molecule has 2 atom stereocenters. The van der Waals surface area contributed by atoms with Crippen LogP contribution in [0, 0.1) is 5.92 Å². The van der Waals surface area contributed by atoms with Gasteiger partial charge in [-0.25, -0.2) is 0 Å². The van der Waals surface area contributed by atoms with Gasteiger partial charge >= 0.3 is 0 Å². The summed E-state index contributed by atoms with van der Waals surface area (Å²) in [5.41, 5.74) is 0.203. The molecule has 0 spiro atoms. The van der Waals surface area contributed by atoms with Crippen LogP contribution in [-0.2, 0) is 0 Å². The van der Waals surface area contributed by atoms with Crippen molar-refractivity contribution in [1.29, 1.82) is 0 Å². The molecule has 5 heteroatoms. The minimum Gasteiger partial charge on any atom is -0.507 e. The van der Waals surface area contributed by atoms with Gasteiger partial charge in [-0.2, -0.15) is 0 Å². The van der Waals surface area contributed by atoms with Crippen molar-refractivity contribution in [1.82, 2.24) is 5.32 Å². The molecule has 1 aromatic carbocycles. The maximum Gasteiger partial charge on any atom is 0.255 e. The lowest BCUT2D eigenvalue weighted by molar-refractivity contribution is 0.0941. The van der Waals surface area contributed by atoms with Crippen molar-refractivity contribution in [3.05, 3.63) is 28.8 Å². The Hall–Kier alpha value is -0.930. The fourth-order valence-corrected chi connectivity index (χ4v) is 2.94. The third-order valence-corrected chi connectivity index (χ3v) is 4.35. The number of carbonyl (C=O) groups is 1. The zero-order valence-electron chi connectivity index (χ0n) is 10.5. The van der Waals surface area contributed by atoms with Crippen LogP contribution in [0.1, 0.15) is 36.0 Å². The summed E-state index contributed by atoms with van der Waals surface area (Å²) in [7, 11) is 0. The van der Waals surface area contributed by atoms with E-state index in [0.717, 1.165) is 25.7 Å². The van der Waals surface area contributed by atoms with Crippen LogP contribution in [0.4, 0.5) is 0 Å². The average Bonchev–Trinajstić information content (AvgIpc) is 2.40. The van der Waals surface area contributed by atoms with Crippen molar-refractivity contribution >= 4 is 29.1 Å². The predicted octanol–water partition coefficient (Wildman–Crippen LogP) is 3.57. The third kappa shape index (κ3) is 3.77. The Kier molecular flexibility index (Phi) is 4.94. The van der Waals surface area contributed by atoms with E-state index in [2.05, 4.69) is 5.32 Å². The monoisotopic (exact) mass is 301 g/mol. The lowest BCUT2D eigenvalue weighted by Gasteiger charge is -2.27. The Balaban J connectivity index is 1.95. The van der Waals surface area contributed by atoms with Gasteiger partial charge in [-0.1, -0.05) is 24.4 Å². The molecule has 0 aromatic heterocycles. The van der Waals surface area contributed by atoms with Gasteiger partial charge in [0, 0.05) is 16.9 Å². The summed E-state index contributed by atoms with van der Waals surface area (Å²) in [6.07, 6.45) is 4.36. The second-order valence-corrected chi connectivity index (χ2v) is 5.93. The summed E-state index contributed by atoms with van der Waals surface area (Å²) in [6, 6.07) is 4.43. The molecular weight excluding hydrogens is 285 g/mol. The molecule has 1 amide bonds. The number of rotatable bonds is 3. The number of amides is 1. The standard InChI is InChI=1S/C14H17Cl2NO2/c15-10-5-6-13(18)11(7-10)14(19)17-8-9-3-1-2-4-12(9)16/h5-7,9,12,18H,1-4,8H2,(H,17,19). The Labute approximate surface area is 122 Å². The van der Waals surface area contributed by atoms with Gasteiger partial charge in [0.05, 0.1) is 5.56 Å². The van der Waals surface area contributed by atoms with Crippen molar-refractivity contribution in [3.8, 4) is 5.75 Å². The minimum atomic E-state index is -0.311. The first-order valence-electron chi connectivity index (χ1n) is 6.48. The molecule has 2 rings (SSSR count). The number of hydrogen-bond acceptors (Lipinski definition) is 2. The molecule has 2 N–H and O–H groups in total. The third-order valence-electron chi connectivity index (χ3n) is 3.54. The topological polar surface area (TPSA) is 49.3 Å². The van der Waals surface area contributed by atoms with Crippen LogP contribution < -0.4 is 5.32 Å². The average molecular weight is 302 g/mol. The van der Waals surface area contributed by atoms with Crippen molar-refractivity contribution in [3.63, 3.8) is 0 Å². The van der Waals surface area contributed by atoms with Crippen molar-refractivity contribution < 1.29 is 9.90 Å². The number of alkyl halides is 1. The first-order valence-corrected chi connectivity index (χ1v) is 7.30. The molecule has 1 aromatic rings. The summed E-state index contributed by atoms with van der Waals surface area (Å²) in [5, 5.41) is 13.0. The Bertz CT molecular complexity index is 465. The number of carbonyl (C=O) groups excluding carboxylic acids is 1. The van der Waals surface area contributed by atoms with Crippen molar-refractivity contribution in [2.45, 2.75) is 31.1 Å². The van der Waals surface area contributed by atoms with Crippen molar-refractivity contribution in [2.75, 3.05) is 6.54 Å². The smallest absolute Gasteiger partial charge is 0.255 e. The van der Waals surface area contributed by atoms with Crippen LogP contribution in [0.15, 0.2) is 18.2 Å². The fraction of sp³-hybridized carbons (Fsp3) is 0.500. The predicted molar refractivity (Wildman–Crippen MR) is 77.0 cm³/mol. The fourth-order valence-electron chi connectivity index (χ4n) is 2.40. The number of nitrogens with one attached hydrogen (secondary N) is 1. The highest BCUT2D eigenvalue weighted by Gasteiger charge is 2.24. The molecule has 1 aliphatic rings. The Morgan fingerprint density at radius 1 is 1.37 bits per heavy atom. The zero-order chi connectivity index (χ0) is 13.8. The van der Waals surface area contributed by atoms with E-state index in [1.54, 1.807) is 6.07 Å². The van der Waals surface area contributed by atoms with E-state index in [-0.39, 0.29) is 22.6 Å². The van der Waals surface area contributed by atoms with Crippen LogP contribution in [0.2, 0.25) is 5.02 Å². The van der Waals surface area contributed by atoms with Gasteiger partial charge in [0.1, 0.15) is 5.75 Å². The Morgan fingerprint density at radius 2 is 2.11 bits per heavy atom. The van der Waals surface area contributed by atoms with Gasteiger partial charge in [0.25, 0.3) is 5.91 Å². The second kappa shape index (κ2) is 6.49. The number of hydrogen-bond donors (Lipinski definition) is 2. The van der Waals surface area contributed by atoms with Gasteiger partial charge in [-0.3, -0.25) is 4.79 Å². The molecule has 0 bridgehead atoms. The van der Waals surface area contributed by atoms with Gasteiger partial charge in [0.15, 0.2) is 0 Å². The van der Waals surface area contributed by atoms with Crippen LogP contribution in [0.5, 0.6) is 5.75 Å². The molecule has 1 aliphatic carbocycles. The summed E-state index contributed by atoms with van der Waals surface area (Å²) < 4.78 is 0. The van der Waals surface area contributed by atoms with Crippen LogP contribution in [0.25, 0.3) is 0 Å². The zero-order valence-corrected chi connectivity index (χ0v) is 12.0. The molecule has 1 saturated carbocycles. The SMILES string of the molecule is O=C(NCC1CCCCC1Cl)c1cc(Cl)ccc1O. The van der Waals surface area contributed by atoms with E-state index in [1.165, 1.54) is 12.1 Å². The molecule has 104 valence electrons. The normalized spacial score (nSPS) is 23.1. The van der Waals surface area contributed by atoms with E-state index in [1.807, 2.05) is 0 Å². The summed E-state index contributed by atoms with van der Waals surface area (Å²) in [5.74, 6) is -0.0666. The highest BCUT2D eigenvalue weighted by atomic mass is 35.5. The largest absolute Gasteiger partial charge is 0.507 e. The highest BCUT2D eigenvalue weighted by Crippen LogP contribution is 2.28. The van der Waals surface area contributed by atoms with E-state index in [9.17, 15) is 9.90 Å². The minimum absolute atomic E-state index is 0.0621. The van der Waals surface area contributed by atoms with Crippen LogP contribution in [0.3, 0.4) is 0 Å². The number of benzene rings is 1. The molecule has 19 heavy (non-hydrogen) atoms. The van der Waals surface area contributed by atoms with Crippen LogP contribution in [-0.4, -0.2) is 22.9 Å². The van der Waals surface area contributed by atoms with Gasteiger partial charge in [-0.15, -0.1) is 11.6 Å². The lowest BCUT2D eigenvalue weighted by Crippen LogP contribution is -2.34. The number of phenolic OH excluding ortho intramolecular Hbond substituents is 1. The number of halogens is 2. The molecule has 0 heterocycles. The maximum atomic E-state index is 12.0. The number of phenols is 1. The summed E-state index contributed by atoms with van der Waals surface area (Å²) in [6.45, 7) is 0.541. The molecule has 1 fully saturated rings. The van der Waals surface area contributed by atoms with E-state index in [0.29, 0.717) is 17.5 Å². The molecule has 2 unspecified atom stereocenters. The highest BCUT2D eigenvalue weighted by molar-refractivity contribution is 6.31. The first kappa shape index (κ1) is 14.5. The van der Waals surface area contributed by atoms with Gasteiger partial charge < -0.3 is 10.4 Å².